The first-order valence-corrected chi connectivity index (χ1v) is 7.58. The fourth-order valence-electron chi connectivity index (χ4n) is 2.45. The smallest absolute Gasteiger partial charge is 0.130 e. The lowest BCUT2D eigenvalue weighted by molar-refractivity contribution is 0.475. The van der Waals surface area contributed by atoms with Crippen LogP contribution in [0.1, 0.15) is 37.5 Å². The van der Waals surface area contributed by atoms with Crippen molar-refractivity contribution in [3.8, 4) is 11.5 Å². The molecule has 0 radical (unpaired) electrons. The van der Waals surface area contributed by atoms with E-state index in [4.69, 9.17) is 4.74 Å². The van der Waals surface area contributed by atoms with E-state index in [9.17, 15) is 4.39 Å². The van der Waals surface area contributed by atoms with Gasteiger partial charge in [-0.25, -0.2) is 4.39 Å². The molecule has 0 aliphatic heterocycles. The van der Waals surface area contributed by atoms with Gasteiger partial charge in [0.15, 0.2) is 0 Å². The second-order valence-corrected chi connectivity index (χ2v) is 6.31. The second kappa shape index (κ2) is 6.78. The third kappa shape index (κ3) is 4.45. The molecule has 0 heterocycles. The fourth-order valence-corrected chi connectivity index (χ4v) is 2.45. The van der Waals surface area contributed by atoms with Crippen LogP contribution in [0.4, 0.5) is 4.39 Å². The summed E-state index contributed by atoms with van der Waals surface area (Å²) in [6.07, 6.45) is 0.972. The zero-order chi connectivity index (χ0) is 16.3. The van der Waals surface area contributed by atoms with Gasteiger partial charge < -0.3 is 4.74 Å². The summed E-state index contributed by atoms with van der Waals surface area (Å²) in [5.74, 6) is 1.52. The molecule has 0 aliphatic carbocycles. The highest BCUT2D eigenvalue weighted by molar-refractivity contribution is 5.64. The number of hydrogen-bond acceptors (Lipinski definition) is 1. The normalized spacial score (nSPS) is 10.8. The van der Waals surface area contributed by atoms with E-state index < -0.39 is 0 Å². The maximum atomic E-state index is 13.5. The van der Waals surface area contributed by atoms with Gasteiger partial charge in [-0.3, -0.25) is 0 Å². The lowest BCUT2D eigenvalue weighted by atomic mass is 9.98. The Morgan fingerprint density at radius 2 is 1.77 bits per heavy atom. The van der Waals surface area contributed by atoms with Gasteiger partial charge in [0, 0.05) is 6.07 Å². The Bertz CT molecular complexity index is 666. The maximum absolute atomic E-state index is 13.5. The van der Waals surface area contributed by atoms with Gasteiger partial charge in [-0.15, -0.1) is 0 Å². The van der Waals surface area contributed by atoms with Crippen LogP contribution in [0.25, 0.3) is 5.57 Å². The molecule has 0 saturated carbocycles. The second-order valence-electron chi connectivity index (χ2n) is 6.31. The van der Waals surface area contributed by atoms with Crippen molar-refractivity contribution in [1.82, 2.24) is 0 Å². The summed E-state index contributed by atoms with van der Waals surface area (Å²) in [5.41, 5.74) is 4.10. The van der Waals surface area contributed by atoms with E-state index in [0.29, 0.717) is 11.7 Å². The number of allylic oxidation sites excluding steroid dienone is 1. The first kappa shape index (κ1) is 16.3. The zero-order valence-electron chi connectivity index (χ0n) is 13.7. The van der Waals surface area contributed by atoms with Gasteiger partial charge >= 0.3 is 0 Å². The van der Waals surface area contributed by atoms with Gasteiger partial charge in [0.1, 0.15) is 17.3 Å². The molecular weight excluding hydrogens is 275 g/mol. The summed E-state index contributed by atoms with van der Waals surface area (Å²) in [7, 11) is 0. The molecule has 0 atom stereocenters. The average Bonchev–Trinajstić information content (AvgIpc) is 2.35. The minimum absolute atomic E-state index is 0.284. The van der Waals surface area contributed by atoms with Crippen LogP contribution >= 0.6 is 0 Å². The molecule has 2 rings (SSSR count). The van der Waals surface area contributed by atoms with Gasteiger partial charge in [0.2, 0.25) is 0 Å². The molecule has 22 heavy (non-hydrogen) atoms. The van der Waals surface area contributed by atoms with Crippen molar-refractivity contribution in [2.24, 2.45) is 5.92 Å². The van der Waals surface area contributed by atoms with Gasteiger partial charge in [-0.1, -0.05) is 32.1 Å². The first-order chi connectivity index (χ1) is 10.3. The van der Waals surface area contributed by atoms with Gasteiger partial charge in [-0.2, -0.15) is 0 Å². The Balaban J connectivity index is 2.36. The Labute approximate surface area is 132 Å². The number of hydrogen-bond donors (Lipinski definition) is 0. The third-order valence-electron chi connectivity index (χ3n) is 3.35. The molecule has 0 bridgehead atoms. The highest BCUT2D eigenvalue weighted by Crippen LogP contribution is 2.28. The standard InChI is InChI=1S/C20H23FO/c1-13(2)6-16-9-17(14(3)4)11-20(10-16)22-19-8-15(5)7-18(21)12-19/h7-13H,3,6H2,1-2,4-5H3. The van der Waals surface area contributed by atoms with Crippen molar-refractivity contribution in [1.29, 1.82) is 0 Å². The van der Waals surface area contributed by atoms with Crippen LogP contribution in [0, 0.1) is 18.7 Å². The number of halogens is 1. The molecule has 0 aromatic heterocycles. The molecule has 2 aromatic carbocycles. The highest BCUT2D eigenvalue weighted by Gasteiger charge is 2.07. The summed E-state index contributed by atoms with van der Waals surface area (Å²) >= 11 is 0. The van der Waals surface area contributed by atoms with E-state index in [1.165, 1.54) is 17.7 Å². The number of ether oxygens (including phenoxy) is 1. The van der Waals surface area contributed by atoms with E-state index in [0.717, 1.165) is 28.9 Å². The Kier molecular flexibility index (Phi) is 5.02. The SMILES string of the molecule is C=C(C)c1cc(CC(C)C)cc(Oc2cc(C)cc(F)c2)c1. The van der Waals surface area contributed by atoms with Crippen LogP contribution in [-0.2, 0) is 6.42 Å². The number of aryl methyl sites for hydroxylation is 1. The van der Waals surface area contributed by atoms with Crippen LogP contribution in [0.5, 0.6) is 11.5 Å². The quantitative estimate of drug-likeness (QED) is 0.642. The van der Waals surface area contributed by atoms with Crippen molar-refractivity contribution < 1.29 is 9.13 Å². The van der Waals surface area contributed by atoms with Crippen LogP contribution in [0.3, 0.4) is 0 Å². The summed E-state index contributed by atoms with van der Waals surface area (Å²) in [6, 6.07) is 10.8. The van der Waals surface area contributed by atoms with Gasteiger partial charge in [0.05, 0.1) is 0 Å². The molecule has 1 nitrogen and oxygen atoms in total. The van der Waals surface area contributed by atoms with E-state index in [2.05, 4.69) is 26.5 Å². The summed E-state index contributed by atoms with van der Waals surface area (Å²) in [4.78, 5) is 0. The molecule has 0 spiro atoms. The Morgan fingerprint density at radius 3 is 2.36 bits per heavy atom. The van der Waals surface area contributed by atoms with Crippen molar-refractivity contribution in [2.75, 3.05) is 0 Å². The fraction of sp³-hybridized carbons (Fsp3) is 0.300. The monoisotopic (exact) mass is 298 g/mol. The van der Waals surface area contributed by atoms with E-state index in [-0.39, 0.29) is 5.82 Å². The van der Waals surface area contributed by atoms with Crippen molar-refractivity contribution in [2.45, 2.75) is 34.1 Å². The number of rotatable bonds is 5. The average molecular weight is 298 g/mol. The van der Waals surface area contributed by atoms with Gasteiger partial charge in [-0.05, 0) is 67.1 Å². The molecule has 0 aliphatic rings. The minimum atomic E-state index is -0.284. The molecule has 0 N–H and O–H groups in total. The lowest BCUT2D eigenvalue weighted by Crippen LogP contribution is -1.97. The van der Waals surface area contributed by atoms with E-state index in [1.54, 1.807) is 0 Å². The lowest BCUT2D eigenvalue weighted by Gasteiger charge is -2.13. The molecule has 0 unspecified atom stereocenters. The van der Waals surface area contributed by atoms with Crippen LogP contribution in [0.2, 0.25) is 0 Å². The molecule has 0 saturated heterocycles. The van der Waals surface area contributed by atoms with Gasteiger partial charge in [0.25, 0.3) is 0 Å². The minimum Gasteiger partial charge on any atom is -0.457 e. The predicted molar refractivity (Wildman–Crippen MR) is 90.9 cm³/mol. The maximum Gasteiger partial charge on any atom is 0.130 e. The van der Waals surface area contributed by atoms with Crippen LogP contribution in [0.15, 0.2) is 43.0 Å². The van der Waals surface area contributed by atoms with E-state index >= 15 is 0 Å². The largest absolute Gasteiger partial charge is 0.457 e. The van der Waals surface area contributed by atoms with Crippen LogP contribution < -0.4 is 4.74 Å². The predicted octanol–water partition coefficient (Wildman–Crippen LogP) is 6.16. The third-order valence-corrected chi connectivity index (χ3v) is 3.35. The van der Waals surface area contributed by atoms with Crippen molar-refractivity contribution in [3.05, 3.63) is 65.5 Å². The molecular formula is C20H23FO. The van der Waals surface area contributed by atoms with Crippen molar-refractivity contribution >= 4 is 5.57 Å². The molecule has 116 valence electrons. The summed E-state index contributed by atoms with van der Waals surface area (Å²) in [5, 5.41) is 0. The first-order valence-electron chi connectivity index (χ1n) is 7.58. The zero-order valence-corrected chi connectivity index (χ0v) is 13.7. The Morgan fingerprint density at radius 1 is 1.09 bits per heavy atom. The molecule has 2 aromatic rings. The number of benzene rings is 2. The molecule has 0 amide bonds. The molecule has 0 fully saturated rings. The topological polar surface area (TPSA) is 9.23 Å². The molecule has 2 heteroatoms. The van der Waals surface area contributed by atoms with Crippen molar-refractivity contribution in [3.63, 3.8) is 0 Å². The highest BCUT2D eigenvalue weighted by atomic mass is 19.1. The summed E-state index contributed by atoms with van der Waals surface area (Å²) < 4.78 is 19.4. The Hall–Kier alpha value is -2.09. The van der Waals surface area contributed by atoms with E-state index in [1.807, 2.05) is 32.0 Å². The van der Waals surface area contributed by atoms with Crippen LogP contribution in [-0.4, -0.2) is 0 Å². The summed E-state index contributed by atoms with van der Waals surface area (Å²) in [6.45, 7) is 12.2.